The minimum absolute atomic E-state index is 0.0582. The lowest BCUT2D eigenvalue weighted by Gasteiger charge is -2.34. The van der Waals surface area contributed by atoms with Gasteiger partial charge in [-0.05, 0) is 43.3 Å². The maximum atomic E-state index is 12.9. The van der Waals surface area contributed by atoms with Gasteiger partial charge >= 0.3 is 0 Å². The minimum Gasteiger partial charge on any atom is -0.492 e. The molecule has 4 rings (SSSR count). The molecule has 1 aliphatic heterocycles. The number of halogens is 1. The first-order valence-electron chi connectivity index (χ1n) is 11.3. The molecule has 0 spiro atoms. The number of hydrogen-bond donors (Lipinski definition) is 1. The summed E-state index contributed by atoms with van der Waals surface area (Å²) >= 11 is 3.28. The molecule has 2 aromatic carbocycles. The van der Waals surface area contributed by atoms with E-state index in [-0.39, 0.29) is 11.7 Å². The van der Waals surface area contributed by atoms with Gasteiger partial charge in [-0.1, -0.05) is 17.4 Å². The Morgan fingerprint density at radius 3 is 2.73 bits per heavy atom. The molecular formula is C24H29FN4O2S2. The molecule has 9 heteroatoms. The molecular weight excluding hydrogens is 459 g/mol. The highest BCUT2D eigenvalue weighted by molar-refractivity contribution is 7.99. The highest BCUT2D eigenvalue weighted by Crippen LogP contribution is 2.34. The molecule has 33 heavy (non-hydrogen) atoms. The Bertz CT molecular complexity index is 1050. The molecule has 0 saturated carbocycles. The number of carbonyl (C=O) groups is 1. The third kappa shape index (κ3) is 6.59. The van der Waals surface area contributed by atoms with Gasteiger partial charge in [-0.2, -0.15) is 0 Å². The van der Waals surface area contributed by atoms with E-state index >= 15 is 0 Å². The summed E-state index contributed by atoms with van der Waals surface area (Å²) in [7, 11) is 0. The van der Waals surface area contributed by atoms with Crippen molar-refractivity contribution in [1.29, 1.82) is 0 Å². The van der Waals surface area contributed by atoms with Crippen LogP contribution < -0.4 is 15.0 Å². The van der Waals surface area contributed by atoms with Crippen molar-refractivity contribution in [2.24, 2.45) is 0 Å². The minimum atomic E-state index is -0.242. The first kappa shape index (κ1) is 23.8. The number of anilines is 1. The third-order valence-electron chi connectivity index (χ3n) is 5.48. The summed E-state index contributed by atoms with van der Waals surface area (Å²) in [5.74, 6) is 1.35. The van der Waals surface area contributed by atoms with Crippen molar-refractivity contribution in [3.8, 4) is 5.75 Å². The van der Waals surface area contributed by atoms with Crippen LogP contribution in [-0.2, 0) is 4.79 Å². The Morgan fingerprint density at radius 2 is 1.97 bits per heavy atom. The molecule has 1 aliphatic rings. The lowest BCUT2D eigenvalue weighted by Crippen LogP contribution is -2.48. The largest absolute Gasteiger partial charge is 0.492 e. The molecule has 1 aromatic heterocycles. The number of fused-ring (bicyclic) bond motifs is 1. The van der Waals surface area contributed by atoms with Crippen LogP contribution >= 0.6 is 23.1 Å². The van der Waals surface area contributed by atoms with Crippen molar-refractivity contribution in [3.05, 3.63) is 48.3 Å². The lowest BCUT2D eigenvalue weighted by atomic mass is 10.3. The number of thiazole rings is 1. The molecule has 2 heterocycles. The Balaban J connectivity index is 1.15. The average molecular weight is 489 g/mol. The van der Waals surface area contributed by atoms with E-state index in [0.29, 0.717) is 25.3 Å². The summed E-state index contributed by atoms with van der Waals surface area (Å²) in [4.78, 5) is 22.6. The summed E-state index contributed by atoms with van der Waals surface area (Å²) in [5.41, 5.74) is 0.946. The summed E-state index contributed by atoms with van der Waals surface area (Å²) in [6, 6.07) is 12.4. The zero-order valence-electron chi connectivity index (χ0n) is 18.8. The number of benzene rings is 2. The number of para-hydroxylation sites is 1. The first-order valence-corrected chi connectivity index (χ1v) is 13.1. The van der Waals surface area contributed by atoms with Gasteiger partial charge in [0.15, 0.2) is 5.13 Å². The van der Waals surface area contributed by atoms with E-state index in [9.17, 15) is 9.18 Å². The number of piperazine rings is 1. The predicted molar refractivity (Wildman–Crippen MR) is 134 cm³/mol. The van der Waals surface area contributed by atoms with Gasteiger partial charge in [-0.15, -0.1) is 11.8 Å². The smallest absolute Gasteiger partial charge is 0.220 e. The standard InChI is InChI=1S/C24H29FN4O2S2/c1-2-31-20-4-3-5-21-23(20)27-24(33-21)29-15-13-28(14-16-29)12-11-26-22(30)10-17-32-19-8-6-18(25)7-9-19/h3-9H,2,10-17H2,1H3,(H,26,30). The van der Waals surface area contributed by atoms with E-state index in [1.54, 1.807) is 35.2 Å². The lowest BCUT2D eigenvalue weighted by molar-refractivity contribution is -0.120. The quantitative estimate of drug-likeness (QED) is 0.431. The Hall–Kier alpha value is -2.36. The average Bonchev–Trinajstić information content (AvgIpc) is 3.26. The van der Waals surface area contributed by atoms with Crippen LogP contribution in [0.2, 0.25) is 0 Å². The van der Waals surface area contributed by atoms with Crippen molar-refractivity contribution in [1.82, 2.24) is 15.2 Å². The van der Waals surface area contributed by atoms with Gasteiger partial charge in [-0.25, -0.2) is 9.37 Å². The zero-order chi connectivity index (χ0) is 23.0. The number of ether oxygens (including phenoxy) is 1. The summed E-state index contributed by atoms with van der Waals surface area (Å²) in [6.45, 7) is 7.86. The predicted octanol–water partition coefficient (Wildman–Crippen LogP) is 4.25. The van der Waals surface area contributed by atoms with Gasteiger partial charge < -0.3 is 15.0 Å². The van der Waals surface area contributed by atoms with Crippen molar-refractivity contribution in [3.63, 3.8) is 0 Å². The number of amides is 1. The van der Waals surface area contributed by atoms with Crippen LogP contribution in [0.5, 0.6) is 5.75 Å². The summed E-state index contributed by atoms with van der Waals surface area (Å²) in [5, 5.41) is 4.06. The maximum Gasteiger partial charge on any atom is 0.220 e. The Kier molecular flexibility index (Phi) is 8.41. The zero-order valence-corrected chi connectivity index (χ0v) is 20.4. The van der Waals surface area contributed by atoms with Crippen molar-refractivity contribution >= 4 is 44.4 Å². The molecule has 6 nitrogen and oxygen atoms in total. The van der Waals surface area contributed by atoms with Crippen molar-refractivity contribution < 1.29 is 13.9 Å². The normalized spacial score (nSPS) is 14.5. The van der Waals surface area contributed by atoms with E-state index in [1.165, 1.54) is 12.1 Å². The fourth-order valence-corrected chi connectivity index (χ4v) is 5.60. The van der Waals surface area contributed by atoms with Crippen molar-refractivity contribution in [2.45, 2.75) is 18.2 Å². The Labute approximate surface area is 202 Å². The fraction of sp³-hybridized carbons (Fsp3) is 0.417. The van der Waals surface area contributed by atoms with Crippen LogP contribution in [0.1, 0.15) is 13.3 Å². The molecule has 0 unspecified atom stereocenters. The SMILES string of the molecule is CCOc1cccc2sc(N3CCN(CCNC(=O)CCSc4ccc(F)cc4)CC3)nc12. The molecule has 0 radical (unpaired) electrons. The number of hydrogen-bond acceptors (Lipinski definition) is 7. The molecule has 176 valence electrons. The number of thioether (sulfide) groups is 1. The van der Waals surface area contributed by atoms with E-state index in [0.717, 1.165) is 58.7 Å². The number of nitrogens with zero attached hydrogens (tertiary/aromatic N) is 3. The number of rotatable bonds is 10. The van der Waals surface area contributed by atoms with Gasteiger partial charge in [-0.3, -0.25) is 9.69 Å². The van der Waals surface area contributed by atoms with E-state index in [4.69, 9.17) is 9.72 Å². The van der Waals surface area contributed by atoms with Gasteiger partial charge in [0.05, 0.1) is 11.3 Å². The molecule has 3 aromatic rings. The molecule has 1 N–H and O–H groups in total. The van der Waals surface area contributed by atoms with Gasteiger partial charge in [0.25, 0.3) is 0 Å². The summed E-state index contributed by atoms with van der Waals surface area (Å²) < 4.78 is 19.8. The van der Waals surface area contributed by atoms with Gasteiger partial charge in [0.2, 0.25) is 5.91 Å². The van der Waals surface area contributed by atoms with Gasteiger partial charge in [0.1, 0.15) is 17.1 Å². The molecule has 1 fully saturated rings. The molecule has 0 bridgehead atoms. The Morgan fingerprint density at radius 1 is 1.18 bits per heavy atom. The van der Waals surface area contributed by atoms with Gasteiger partial charge in [0, 0.05) is 56.3 Å². The topological polar surface area (TPSA) is 57.7 Å². The molecule has 0 atom stereocenters. The van der Waals surface area contributed by atoms with Crippen LogP contribution in [0, 0.1) is 5.82 Å². The number of aromatic nitrogens is 1. The van der Waals surface area contributed by atoms with Crippen LogP contribution in [0.15, 0.2) is 47.4 Å². The number of nitrogens with one attached hydrogen (secondary N) is 1. The highest BCUT2D eigenvalue weighted by Gasteiger charge is 2.20. The summed E-state index contributed by atoms with van der Waals surface area (Å²) in [6.07, 6.45) is 0.456. The fourth-order valence-electron chi connectivity index (χ4n) is 3.72. The third-order valence-corrected chi connectivity index (χ3v) is 7.57. The van der Waals surface area contributed by atoms with Crippen LogP contribution in [-0.4, -0.2) is 67.4 Å². The maximum absolute atomic E-state index is 12.9. The van der Waals surface area contributed by atoms with E-state index < -0.39 is 0 Å². The van der Waals surface area contributed by atoms with E-state index in [2.05, 4.69) is 21.2 Å². The van der Waals surface area contributed by atoms with Crippen LogP contribution in [0.4, 0.5) is 9.52 Å². The van der Waals surface area contributed by atoms with Crippen molar-refractivity contribution in [2.75, 3.05) is 56.5 Å². The van der Waals surface area contributed by atoms with Crippen LogP contribution in [0.3, 0.4) is 0 Å². The first-order chi connectivity index (χ1) is 16.1. The highest BCUT2D eigenvalue weighted by atomic mass is 32.2. The van der Waals surface area contributed by atoms with E-state index in [1.807, 2.05) is 19.1 Å². The second-order valence-corrected chi connectivity index (χ2v) is 9.94. The monoisotopic (exact) mass is 488 g/mol. The van der Waals surface area contributed by atoms with Crippen LogP contribution in [0.25, 0.3) is 10.2 Å². The molecule has 0 aliphatic carbocycles. The second kappa shape index (κ2) is 11.7. The molecule has 1 amide bonds. The number of carbonyl (C=O) groups excluding carboxylic acids is 1. The molecule has 1 saturated heterocycles. The second-order valence-electron chi connectivity index (χ2n) is 7.76.